The summed E-state index contributed by atoms with van der Waals surface area (Å²) >= 11 is 0. The summed E-state index contributed by atoms with van der Waals surface area (Å²) in [5.74, 6) is 0.227. The second kappa shape index (κ2) is 6.64. The number of piperidine rings is 1. The fourth-order valence-electron chi connectivity index (χ4n) is 3.02. The summed E-state index contributed by atoms with van der Waals surface area (Å²) in [6.07, 6.45) is 3.14. The Balaban J connectivity index is 1.86. The van der Waals surface area contributed by atoms with Gasteiger partial charge in [0.15, 0.2) is 0 Å². The van der Waals surface area contributed by atoms with Crippen molar-refractivity contribution in [1.29, 1.82) is 0 Å². The molecule has 0 bridgehead atoms. The number of carbonyl (C=O) groups is 3. The predicted molar refractivity (Wildman–Crippen MR) is 82.2 cm³/mol. The number of urea groups is 1. The van der Waals surface area contributed by atoms with Crippen LogP contribution < -0.4 is 10.6 Å². The van der Waals surface area contributed by atoms with Crippen molar-refractivity contribution in [2.75, 3.05) is 33.2 Å². The number of hydrogen-bond acceptors (Lipinski definition) is 4. The molecule has 2 aliphatic rings. The molecule has 2 heterocycles. The molecule has 0 radical (unpaired) electrons. The van der Waals surface area contributed by atoms with Crippen molar-refractivity contribution in [3.8, 4) is 0 Å². The minimum absolute atomic E-state index is 0.0360. The molecule has 7 heteroatoms. The Labute approximate surface area is 131 Å². The number of nitrogens with zero attached hydrogens (tertiary/aromatic N) is 2. The number of likely N-dealkylation sites (tertiary alicyclic amines) is 1. The maximum atomic E-state index is 12.4. The van der Waals surface area contributed by atoms with E-state index in [9.17, 15) is 14.4 Å². The third-order valence-corrected chi connectivity index (χ3v) is 4.76. The molecule has 7 nitrogen and oxygen atoms in total. The highest BCUT2D eigenvalue weighted by Crippen LogP contribution is 2.23. The van der Waals surface area contributed by atoms with Gasteiger partial charge < -0.3 is 15.1 Å². The highest BCUT2D eigenvalue weighted by Gasteiger charge is 2.46. The molecule has 2 rings (SSSR count). The number of imide groups is 1. The molecular formula is C15H26N4O3. The number of rotatable bonds is 5. The molecule has 2 aliphatic heterocycles. The first kappa shape index (κ1) is 16.7. The van der Waals surface area contributed by atoms with Crippen LogP contribution in [0, 0.1) is 5.92 Å². The summed E-state index contributed by atoms with van der Waals surface area (Å²) in [5, 5.41) is 5.42. The van der Waals surface area contributed by atoms with Crippen LogP contribution in [0.5, 0.6) is 0 Å². The monoisotopic (exact) mass is 310 g/mol. The van der Waals surface area contributed by atoms with Gasteiger partial charge in [-0.3, -0.25) is 14.9 Å². The summed E-state index contributed by atoms with van der Waals surface area (Å²) in [5.41, 5.74) is -0.960. The van der Waals surface area contributed by atoms with Crippen LogP contribution in [0.4, 0.5) is 4.79 Å². The van der Waals surface area contributed by atoms with E-state index in [2.05, 4.69) is 10.6 Å². The van der Waals surface area contributed by atoms with Gasteiger partial charge in [-0.25, -0.2) is 4.79 Å². The highest BCUT2D eigenvalue weighted by molar-refractivity contribution is 6.07. The molecular weight excluding hydrogens is 284 g/mol. The summed E-state index contributed by atoms with van der Waals surface area (Å²) in [6, 6.07) is -0.479. The molecule has 124 valence electrons. The van der Waals surface area contributed by atoms with Gasteiger partial charge in [-0.2, -0.15) is 0 Å². The van der Waals surface area contributed by atoms with E-state index < -0.39 is 11.6 Å². The van der Waals surface area contributed by atoms with Gasteiger partial charge >= 0.3 is 6.03 Å². The molecule has 0 aromatic carbocycles. The maximum Gasteiger partial charge on any atom is 0.325 e. The fourth-order valence-corrected chi connectivity index (χ4v) is 3.02. The third-order valence-electron chi connectivity index (χ3n) is 4.76. The van der Waals surface area contributed by atoms with Crippen LogP contribution in [0.2, 0.25) is 0 Å². The Bertz CT molecular complexity index is 456. The molecule has 2 fully saturated rings. The molecule has 0 aromatic rings. The minimum atomic E-state index is -0.960. The Hall–Kier alpha value is -1.63. The van der Waals surface area contributed by atoms with E-state index in [4.69, 9.17) is 0 Å². The first-order valence-electron chi connectivity index (χ1n) is 7.91. The van der Waals surface area contributed by atoms with Gasteiger partial charge in [-0.15, -0.1) is 0 Å². The minimum Gasteiger partial charge on any atom is -0.341 e. The lowest BCUT2D eigenvalue weighted by Crippen LogP contribution is -2.51. The molecule has 0 saturated carbocycles. The van der Waals surface area contributed by atoms with Crippen molar-refractivity contribution in [2.45, 2.75) is 38.6 Å². The van der Waals surface area contributed by atoms with Crippen molar-refractivity contribution in [1.82, 2.24) is 20.4 Å². The Morgan fingerprint density at radius 1 is 1.32 bits per heavy atom. The van der Waals surface area contributed by atoms with Crippen LogP contribution in [-0.2, 0) is 9.59 Å². The van der Waals surface area contributed by atoms with E-state index in [0.717, 1.165) is 38.9 Å². The molecule has 2 N–H and O–H groups in total. The van der Waals surface area contributed by atoms with Crippen molar-refractivity contribution in [2.24, 2.45) is 5.92 Å². The largest absolute Gasteiger partial charge is 0.341 e. The average molecular weight is 310 g/mol. The molecule has 22 heavy (non-hydrogen) atoms. The van der Waals surface area contributed by atoms with Crippen LogP contribution >= 0.6 is 0 Å². The Kier molecular flexibility index (Phi) is 5.05. The van der Waals surface area contributed by atoms with Crippen LogP contribution in [0.25, 0.3) is 0 Å². The first-order valence-corrected chi connectivity index (χ1v) is 7.91. The first-order chi connectivity index (χ1) is 10.4. The molecule has 0 unspecified atom stereocenters. The molecule has 0 spiro atoms. The van der Waals surface area contributed by atoms with E-state index >= 15 is 0 Å². The van der Waals surface area contributed by atoms with Gasteiger partial charge in [0.05, 0.1) is 0 Å². The number of nitrogens with one attached hydrogen (secondary N) is 2. The topological polar surface area (TPSA) is 81.8 Å². The van der Waals surface area contributed by atoms with Crippen molar-refractivity contribution in [3.05, 3.63) is 0 Å². The normalized spacial score (nSPS) is 22.1. The van der Waals surface area contributed by atoms with E-state index in [-0.39, 0.29) is 18.4 Å². The number of carbonyl (C=O) groups excluding carboxylic acids is 3. The molecule has 0 aliphatic carbocycles. The third kappa shape index (κ3) is 3.40. The van der Waals surface area contributed by atoms with Crippen LogP contribution in [0.15, 0.2) is 0 Å². The zero-order valence-corrected chi connectivity index (χ0v) is 13.6. The van der Waals surface area contributed by atoms with Crippen LogP contribution in [0.1, 0.15) is 33.1 Å². The van der Waals surface area contributed by atoms with Gasteiger partial charge in [0.1, 0.15) is 12.1 Å². The van der Waals surface area contributed by atoms with Gasteiger partial charge in [0.2, 0.25) is 5.91 Å². The van der Waals surface area contributed by atoms with E-state index in [1.807, 2.05) is 11.9 Å². The zero-order chi connectivity index (χ0) is 16.3. The van der Waals surface area contributed by atoms with Gasteiger partial charge in [0.25, 0.3) is 5.91 Å². The lowest BCUT2D eigenvalue weighted by molar-refractivity contribution is -0.134. The molecule has 0 atom stereocenters. The quantitative estimate of drug-likeness (QED) is 0.709. The lowest BCUT2D eigenvalue weighted by atomic mass is 9.93. The zero-order valence-electron chi connectivity index (χ0n) is 13.6. The Morgan fingerprint density at radius 2 is 1.95 bits per heavy atom. The number of hydrogen-bond donors (Lipinski definition) is 2. The smallest absolute Gasteiger partial charge is 0.325 e. The average Bonchev–Trinajstić information content (AvgIpc) is 2.68. The summed E-state index contributed by atoms with van der Waals surface area (Å²) < 4.78 is 0. The van der Waals surface area contributed by atoms with Gasteiger partial charge in [-0.05, 0) is 52.6 Å². The summed E-state index contributed by atoms with van der Waals surface area (Å²) in [6.45, 7) is 5.75. The fraction of sp³-hybridized carbons (Fsp3) is 0.800. The van der Waals surface area contributed by atoms with E-state index in [1.165, 1.54) is 4.90 Å². The predicted octanol–water partition coefficient (Wildman–Crippen LogP) is 0.165. The van der Waals surface area contributed by atoms with Crippen LogP contribution in [0.3, 0.4) is 0 Å². The SMILES string of the molecule is CNCCC1CCN(C(=O)CN2C(=O)NC(=O)C2(C)C)CC1. The Morgan fingerprint density at radius 3 is 2.45 bits per heavy atom. The van der Waals surface area contributed by atoms with Crippen molar-refractivity contribution in [3.63, 3.8) is 0 Å². The van der Waals surface area contributed by atoms with Gasteiger partial charge in [0, 0.05) is 13.1 Å². The standard InChI is InChI=1S/C15H26N4O3/c1-15(2)13(21)17-14(22)19(15)10-12(20)18-8-5-11(6-9-18)4-7-16-3/h11,16H,4-10H2,1-3H3,(H,17,21,22). The summed E-state index contributed by atoms with van der Waals surface area (Å²) in [7, 11) is 1.95. The van der Waals surface area contributed by atoms with Crippen LogP contribution in [-0.4, -0.2) is 66.4 Å². The van der Waals surface area contributed by atoms with Crippen molar-refractivity contribution >= 4 is 17.8 Å². The number of amides is 4. The van der Waals surface area contributed by atoms with Gasteiger partial charge in [-0.1, -0.05) is 0 Å². The second-order valence-corrected chi connectivity index (χ2v) is 6.62. The van der Waals surface area contributed by atoms with E-state index in [1.54, 1.807) is 13.8 Å². The molecule has 0 aromatic heterocycles. The lowest BCUT2D eigenvalue weighted by Gasteiger charge is -2.34. The highest BCUT2D eigenvalue weighted by atomic mass is 16.2. The molecule has 2 saturated heterocycles. The molecule has 4 amide bonds. The maximum absolute atomic E-state index is 12.4. The second-order valence-electron chi connectivity index (χ2n) is 6.62. The van der Waals surface area contributed by atoms with E-state index in [0.29, 0.717) is 5.92 Å². The van der Waals surface area contributed by atoms with Crippen molar-refractivity contribution < 1.29 is 14.4 Å². The summed E-state index contributed by atoms with van der Waals surface area (Å²) in [4.78, 5) is 39.0.